The molecule has 0 amide bonds. The van der Waals surface area contributed by atoms with Crippen LogP contribution in [0.15, 0.2) is 36.9 Å². The van der Waals surface area contributed by atoms with Gasteiger partial charge in [0.05, 0.1) is 19.0 Å². The molecule has 3 aromatic rings. The van der Waals surface area contributed by atoms with Crippen molar-refractivity contribution in [3.8, 4) is 11.3 Å². The summed E-state index contributed by atoms with van der Waals surface area (Å²) >= 11 is 0. The van der Waals surface area contributed by atoms with Crippen molar-refractivity contribution in [2.24, 2.45) is 0 Å². The van der Waals surface area contributed by atoms with Crippen LogP contribution in [0.25, 0.3) is 22.4 Å². The lowest BCUT2D eigenvalue weighted by Crippen LogP contribution is -2.25. The van der Waals surface area contributed by atoms with Crippen LogP contribution in [0.1, 0.15) is 31.1 Å². The molecule has 176 valence electrons. The van der Waals surface area contributed by atoms with Crippen molar-refractivity contribution in [2.75, 3.05) is 6.61 Å². The Morgan fingerprint density at radius 2 is 2.09 bits per heavy atom. The zero-order chi connectivity index (χ0) is 23.6. The van der Waals surface area contributed by atoms with E-state index in [1.807, 2.05) is 24.3 Å². The lowest BCUT2D eigenvalue weighted by atomic mass is 10.0. The van der Waals surface area contributed by atoms with Gasteiger partial charge in [0, 0.05) is 18.4 Å². The minimum atomic E-state index is -4.68. The molecule has 1 aliphatic rings. The number of nitrogens with zero attached hydrogens (tertiary/aromatic N) is 4. The van der Waals surface area contributed by atoms with Crippen LogP contribution in [0.5, 0.6) is 0 Å². The molecule has 0 aliphatic carbocycles. The third-order valence-electron chi connectivity index (χ3n) is 5.34. The highest BCUT2D eigenvalue weighted by Gasteiger charge is 2.37. The first-order valence-corrected chi connectivity index (χ1v) is 11.8. The van der Waals surface area contributed by atoms with E-state index in [-0.39, 0.29) is 12.8 Å². The van der Waals surface area contributed by atoms with Crippen molar-refractivity contribution in [1.82, 2.24) is 19.5 Å². The molecule has 3 heterocycles. The summed E-state index contributed by atoms with van der Waals surface area (Å²) in [6, 6.07) is 7.62. The third kappa shape index (κ3) is 5.61. The number of carbonyl (C=O) groups is 1. The first-order chi connectivity index (χ1) is 15.7. The molecule has 13 heteroatoms. The van der Waals surface area contributed by atoms with Crippen LogP contribution in [0, 0.1) is 0 Å². The summed E-state index contributed by atoms with van der Waals surface area (Å²) in [4.78, 5) is 41.6. The summed E-state index contributed by atoms with van der Waals surface area (Å²) in [6.07, 6.45) is 1.77. The molecule has 0 radical (unpaired) electrons. The maximum atomic E-state index is 10.9. The molecule has 4 rings (SSSR count). The largest absolute Gasteiger partial charge is 0.481 e. The zero-order valence-corrected chi connectivity index (χ0v) is 18.3. The molecule has 1 fully saturated rings. The van der Waals surface area contributed by atoms with Crippen molar-refractivity contribution >= 4 is 25.0 Å². The normalized spacial score (nSPS) is 21.0. The Morgan fingerprint density at radius 3 is 2.85 bits per heavy atom. The number of carboxylic acid groups (broad SMARTS) is 1. The number of hydrogen-bond donors (Lipinski definition) is 4. The van der Waals surface area contributed by atoms with Gasteiger partial charge in [0.15, 0.2) is 5.65 Å². The van der Waals surface area contributed by atoms with Gasteiger partial charge in [-0.1, -0.05) is 18.2 Å². The highest BCUT2D eigenvalue weighted by atomic mass is 31.2. The molecule has 12 nitrogen and oxygen atoms in total. The number of phosphoric ester groups is 1. The molecule has 2 aromatic heterocycles. The first kappa shape index (κ1) is 23.4. The summed E-state index contributed by atoms with van der Waals surface area (Å²) in [5, 5.41) is 19.1. The number of carboxylic acids is 1. The number of hydrogen-bond acceptors (Lipinski definition) is 8. The molecule has 33 heavy (non-hydrogen) atoms. The second-order valence-corrected chi connectivity index (χ2v) is 8.95. The molecular weight excluding hydrogens is 455 g/mol. The van der Waals surface area contributed by atoms with Crippen molar-refractivity contribution < 1.29 is 38.6 Å². The number of aryl methyl sites for hydroxylation is 1. The van der Waals surface area contributed by atoms with Crippen LogP contribution in [0.2, 0.25) is 0 Å². The van der Waals surface area contributed by atoms with Crippen LogP contribution >= 0.6 is 7.82 Å². The summed E-state index contributed by atoms with van der Waals surface area (Å²) in [5.74, 6) is -0.830. The van der Waals surface area contributed by atoms with Crippen LogP contribution in [0.4, 0.5) is 0 Å². The number of ether oxygens (including phenoxy) is 1. The van der Waals surface area contributed by atoms with Crippen molar-refractivity contribution in [1.29, 1.82) is 0 Å². The topological polar surface area (TPSA) is 177 Å². The van der Waals surface area contributed by atoms with Crippen molar-refractivity contribution in [3.05, 3.63) is 42.5 Å². The fraction of sp³-hybridized carbons (Fsp3) is 0.400. The van der Waals surface area contributed by atoms with Gasteiger partial charge in [-0.2, -0.15) is 0 Å². The molecule has 1 saturated heterocycles. The van der Waals surface area contributed by atoms with E-state index in [9.17, 15) is 14.5 Å². The lowest BCUT2D eigenvalue weighted by molar-refractivity contribution is -0.137. The van der Waals surface area contributed by atoms with Gasteiger partial charge in [0.2, 0.25) is 0 Å². The van der Waals surface area contributed by atoms with E-state index in [0.29, 0.717) is 29.7 Å². The summed E-state index contributed by atoms with van der Waals surface area (Å²) < 4.78 is 22.8. The Labute approximate surface area is 188 Å². The maximum Gasteiger partial charge on any atom is 0.469 e. The van der Waals surface area contributed by atoms with Gasteiger partial charge in [-0.25, -0.2) is 19.5 Å². The Balaban J connectivity index is 1.55. The number of aromatic nitrogens is 4. The summed E-state index contributed by atoms with van der Waals surface area (Å²) in [5.41, 5.74) is 3.38. The molecule has 4 N–H and O–H groups in total. The zero-order valence-electron chi connectivity index (χ0n) is 17.4. The summed E-state index contributed by atoms with van der Waals surface area (Å²) in [6.45, 7) is -0.455. The van der Waals surface area contributed by atoms with Gasteiger partial charge >= 0.3 is 13.8 Å². The number of rotatable bonds is 9. The van der Waals surface area contributed by atoms with E-state index in [1.165, 1.54) is 12.7 Å². The van der Waals surface area contributed by atoms with Gasteiger partial charge in [-0.3, -0.25) is 13.9 Å². The quantitative estimate of drug-likeness (QED) is 0.329. The number of imidazole rings is 1. The molecule has 3 atom stereocenters. The minimum absolute atomic E-state index is 0.0970. The molecule has 0 spiro atoms. The predicted octanol–water partition coefficient (Wildman–Crippen LogP) is 1.66. The fourth-order valence-electron chi connectivity index (χ4n) is 3.80. The second-order valence-electron chi connectivity index (χ2n) is 7.71. The van der Waals surface area contributed by atoms with Crippen LogP contribution < -0.4 is 0 Å². The van der Waals surface area contributed by atoms with Gasteiger partial charge in [0.25, 0.3) is 0 Å². The number of phosphoric acid groups is 1. The van der Waals surface area contributed by atoms with E-state index in [0.717, 1.165) is 11.1 Å². The Kier molecular flexibility index (Phi) is 6.84. The predicted molar refractivity (Wildman–Crippen MR) is 114 cm³/mol. The number of benzene rings is 1. The minimum Gasteiger partial charge on any atom is -0.481 e. The molecule has 0 bridgehead atoms. The maximum absolute atomic E-state index is 10.9. The second kappa shape index (κ2) is 9.64. The van der Waals surface area contributed by atoms with Gasteiger partial charge in [-0.05, 0) is 24.5 Å². The number of aliphatic hydroxyl groups is 1. The van der Waals surface area contributed by atoms with E-state index in [2.05, 4.69) is 19.5 Å². The van der Waals surface area contributed by atoms with E-state index < -0.39 is 38.8 Å². The highest BCUT2D eigenvalue weighted by Crippen LogP contribution is 2.39. The van der Waals surface area contributed by atoms with Gasteiger partial charge in [-0.15, -0.1) is 0 Å². The van der Waals surface area contributed by atoms with Gasteiger partial charge < -0.3 is 24.7 Å². The molecule has 0 unspecified atom stereocenters. The Bertz CT molecular complexity index is 1200. The molecular formula is C20H23N4O8P. The van der Waals surface area contributed by atoms with E-state index >= 15 is 0 Å². The van der Waals surface area contributed by atoms with Crippen molar-refractivity contribution in [3.63, 3.8) is 0 Å². The number of fused-ring (bicyclic) bond motifs is 1. The third-order valence-corrected chi connectivity index (χ3v) is 5.82. The smallest absolute Gasteiger partial charge is 0.469 e. The standard InChI is InChI=1S/C20H23N4O8P/c25-14-8-16(32-15(14)9-31-33(28,29)30)24-11-23-19-18(21-10-22-20(19)24)13-5-1-3-12(7-13)4-2-6-17(26)27/h1,3,5,7,10-11,14-16,25H,2,4,6,8-9H2,(H,26,27)(H2,28,29,30)/t14-,15-,16-/m1/s1. The molecule has 0 saturated carbocycles. The van der Waals surface area contributed by atoms with Gasteiger partial charge in [0.1, 0.15) is 29.9 Å². The Morgan fingerprint density at radius 1 is 1.27 bits per heavy atom. The lowest BCUT2D eigenvalue weighted by Gasteiger charge is -2.16. The SMILES string of the molecule is O=C(O)CCCc1cccc(-c2ncnc3c2ncn3[C@H]2C[C@@H](O)[C@@H](COP(=O)(O)O)O2)c1. The molecule has 1 aliphatic heterocycles. The number of aliphatic hydroxyl groups excluding tert-OH is 1. The number of aliphatic carboxylic acids is 1. The Hall–Kier alpha value is -2.73. The van der Waals surface area contributed by atoms with Crippen LogP contribution in [0.3, 0.4) is 0 Å². The summed E-state index contributed by atoms with van der Waals surface area (Å²) in [7, 11) is -4.68. The average Bonchev–Trinajstić information content (AvgIpc) is 3.34. The van der Waals surface area contributed by atoms with E-state index in [1.54, 1.807) is 4.57 Å². The van der Waals surface area contributed by atoms with E-state index in [4.69, 9.17) is 19.6 Å². The van der Waals surface area contributed by atoms with Crippen molar-refractivity contribution in [2.45, 2.75) is 44.1 Å². The monoisotopic (exact) mass is 478 g/mol. The molecule has 1 aromatic carbocycles. The highest BCUT2D eigenvalue weighted by molar-refractivity contribution is 7.46. The average molecular weight is 478 g/mol. The van der Waals surface area contributed by atoms with Crippen LogP contribution in [-0.2, 0) is 25.0 Å². The fourth-order valence-corrected chi connectivity index (χ4v) is 4.14. The van der Waals surface area contributed by atoms with Crippen LogP contribution in [-0.4, -0.2) is 64.3 Å². The first-order valence-electron chi connectivity index (χ1n) is 10.2.